The second kappa shape index (κ2) is 4.61. The molecule has 6 heteroatoms. The second-order valence-electron chi connectivity index (χ2n) is 4.65. The minimum Gasteiger partial charge on any atom is -0.338 e. The molecule has 0 unspecified atom stereocenters. The normalized spacial score (nSPS) is 28.2. The minimum atomic E-state index is -2.83. The van der Waals surface area contributed by atoms with Gasteiger partial charge in [-0.25, -0.2) is 13.2 Å². The largest absolute Gasteiger partial charge is 0.338 e. The summed E-state index contributed by atoms with van der Waals surface area (Å²) in [6.07, 6.45) is 2.83. The zero-order chi connectivity index (χ0) is 11.6. The maximum absolute atomic E-state index is 11.6. The Bertz CT molecular complexity index is 360. The maximum atomic E-state index is 11.6. The highest BCUT2D eigenvalue weighted by Gasteiger charge is 2.28. The molecule has 0 saturated carbocycles. The number of hydrogen-bond acceptors (Lipinski definition) is 3. The van der Waals surface area contributed by atoms with Gasteiger partial charge in [-0.1, -0.05) is 0 Å². The van der Waals surface area contributed by atoms with Crippen molar-refractivity contribution in [1.82, 2.24) is 10.2 Å². The van der Waals surface area contributed by atoms with Gasteiger partial charge in [0.15, 0.2) is 9.84 Å². The fraction of sp³-hybridized carbons (Fsp3) is 0.900. The Kier molecular flexibility index (Phi) is 3.37. The number of rotatable bonds is 2. The predicted molar refractivity (Wildman–Crippen MR) is 61.0 cm³/mol. The van der Waals surface area contributed by atoms with Gasteiger partial charge in [0.2, 0.25) is 0 Å². The summed E-state index contributed by atoms with van der Waals surface area (Å²) in [4.78, 5) is 13.4. The Morgan fingerprint density at radius 3 is 2.56 bits per heavy atom. The molecule has 16 heavy (non-hydrogen) atoms. The number of nitrogens with zero attached hydrogens (tertiary/aromatic N) is 1. The quantitative estimate of drug-likeness (QED) is 0.758. The van der Waals surface area contributed by atoms with Crippen LogP contribution in [0.5, 0.6) is 0 Å². The zero-order valence-corrected chi connectivity index (χ0v) is 10.1. The number of nitrogens with one attached hydrogen (secondary N) is 1. The van der Waals surface area contributed by atoms with Crippen molar-refractivity contribution in [3.63, 3.8) is 0 Å². The molecular weight excluding hydrogens is 228 g/mol. The molecule has 0 aromatic heterocycles. The van der Waals surface area contributed by atoms with E-state index >= 15 is 0 Å². The van der Waals surface area contributed by atoms with E-state index in [-0.39, 0.29) is 23.5 Å². The fourth-order valence-electron chi connectivity index (χ4n) is 2.30. The van der Waals surface area contributed by atoms with E-state index in [1.165, 1.54) is 0 Å². The molecule has 0 aromatic rings. The van der Waals surface area contributed by atoms with E-state index < -0.39 is 9.84 Å². The van der Waals surface area contributed by atoms with Crippen LogP contribution in [0.1, 0.15) is 19.3 Å². The van der Waals surface area contributed by atoms with Crippen LogP contribution in [-0.2, 0) is 9.84 Å². The van der Waals surface area contributed by atoms with Crippen LogP contribution in [0, 0.1) is 5.92 Å². The molecule has 0 radical (unpaired) electrons. The average molecular weight is 246 g/mol. The van der Waals surface area contributed by atoms with Gasteiger partial charge in [0.05, 0.1) is 11.5 Å². The molecule has 2 aliphatic heterocycles. The molecule has 0 aliphatic carbocycles. The molecule has 2 aliphatic rings. The van der Waals surface area contributed by atoms with Gasteiger partial charge in [-0.15, -0.1) is 0 Å². The summed E-state index contributed by atoms with van der Waals surface area (Å²) in [6, 6.07) is -0.0400. The number of sulfone groups is 1. The molecule has 1 atom stereocenters. The number of likely N-dealkylation sites (tertiary alicyclic amines) is 1. The SMILES string of the molecule is O=C(NC[C@@H]1CCS(=O)(=O)C1)N1CCCC1. The highest BCUT2D eigenvalue weighted by molar-refractivity contribution is 7.91. The summed E-state index contributed by atoms with van der Waals surface area (Å²) in [5, 5.41) is 2.83. The van der Waals surface area contributed by atoms with Gasteiger partial charge in [0, 0.05) is 19.6 Å². The highest BCUT2D eigenvalue weighted by atomic mass is 32.2. The molecule has 92 valence electrons. The van der Waals surface area contributed by atoms with E-state index in [1.807, 2.05) is 0 Å². The minimum absolute atomic E-state index is 0.0400. The van der Waals surface area contributed by atoms with Crippen LogP contribution in [-0.4, -0.2) is 50.5 Å². The highest BCUT2D eigenvalue weighted by Crippen LogP contribution is 2.17. The fourth-order valence-corrected chi connectivity index (χ4v) is 4.16. The number of amides is 2. The number of carbonyl (C=O) groups excluding carboxylic acids is 1. The van der Waals surface area contributed by atoms with Crippen molar-refractivity contribution in [2.45, 2.75) is 19.3 Å². The molecule has 2 rings (SSSR count). The molecule has 5 nitrogen and oxygen atoms in total. The van der Waals surface area contributed by atoms with Crippen LogP contribution in [0.25, 0.3) is 0 Å². The molecule has 0 aromatic carbocycles. The van der Waals surface area contributed by atoms with Gasteiger partial charge in [0.25, 0.3) is 0 Å². The van der Waals surface area contributed by atoms with Crippen LogP contribution in [0.2, 0.25) is 0 Å². The van der Waals surface area contributed by atoms with E-state index in [2.05, 4.69) is 5.32 Å². The summed E-state index contributed by atoms with van der Waals surface area (Å²) >= 11 is 0. The lowest BCUT2D eigenvalue weighted by Gasteiger charge is -2.17. The smallest absolute Gasteiger partial charge is 0.317 e. The molecule has 2 fully saturated rings. The van der Waals surface area contributed by atoms with Crippen molar-refractivity contribution in [1.29, 1.82) is 0 Å². The summed E-state index contributed by atoms with van der Waals surface area (Å²) in [7, 11) is -2.83. The van der Waals surface area contributed by atoms with Crippen molar-refractivity contribution < 1.29 is 13.2 Å². The molecule has 0 bridgehead atoms. The predicted octanol–water partition coefficient (Wildman–Crippen LogP) is 0.226. The Labute approximate surface area is 96.1 Å². The van der Waals surface area contributed by atoms with Gasteiger partial charge in [-0.2, -0.15) is 0 Å². The Morgan fingerprint density at radius 1 is 1.31 bits per heavy atom. The van der Waals surface area contributed by atoms with E-state index in [4.69, 9.17) is 0 Å². The van der Waals surface area contributed by atoms with Crippen molar-refractivity contribution >= 4 is 15.9 Å². The molecular formula is C10H18N2O3S. The van der Waals surface area contributed by atoms with E-state index in [0.717, 1.165) is 25.9 Å². The lowest BCUT2D eigenvalue weighted by atomic mass is 10.1. The topological polar surface area (TPSA) is 66.5 Å². The van der Waals surface area contributed by atoms with Crippen LogP contribution in [0.15, 0.2) is 0 Å². The van der Waals surface area contributed by atoms with Crippen LogP contribution in [0.4, 0.5) is 4.79 Å². The zero-order valence-electron chi connectivity index (χ0n) is 9.31. The van der Waals surface area contributed by atoms with E-state index in [9.17, 15) is 13.2 Å². The lowest BCUT2D eigenvalue weighted by Crippen LogP contribution is -2.40. The Hall–Kier alpha value is -0.780. The molecule has 0 spiro atoms. The first-order valence-electron chi connectivity index (χ1n) is 5.80. The Morgan fingerprint density at radius 2 is 2.00 bits per heavy atom. The molecule has 2 amide bonds. The third-order valence-electron chi connectivity index (χ3n) is 3.26. The van der Waals surface area contributed by atoms with Crippen molar-refractivity contribution in [3.05, 3.63) is 0 Å². The van der Waals surface area contributed by atoms with Crippen molar-refractivity contribution in [3.8, 4) is 0 Å². The summed E-state index contributed by atoms with van der Waals surface area (Å²) in [5.41, 5.74) is 0. The first-order valence-corrected chi connectivity index (χ1v) is 7.62. The standard InChI is InChI=1S/C10H18N2O3S/c13-10(12-4-1-2-5-12)11-7-9-3-6-16(14,15)8-9/h9H,1-8H2,(H,11,13)/t9-/m0/s1. The molecule has 2 heterocycles. The average Bonchev–Trinajstić information content (AvgIpc) is 2.83. The third kappa shape index (κ3) is 2.87. The van der Waals surface area contributed by atoms with Gasteiger partial charge >= 0.3 is 6.03 Å². The van der Waals surface area contributed by atoms with Crippen LogP contribution in [0.3, 0.4) is 0 Å². The van der Waals surface area contributed by atoms with Gasteiger partial charge < -0.3 is 10.2 Å². The Balaban J connectivity index is 1.73. The van der Waals surface area contributed by atoms with Crippen LogP contribution >= 0.6 is 0 Å². The summed E-state index contributed by atoms with van der Waals surface area (Å²) in [5.74, 6) is 0.612. The number of carbonyl (C=O) groups is 1. The number of urea groups is 1. The van der Waals surface area contributed by atoms with Gasteiger partial charge in [-0.3, -0.25) is 0 Å². The van der Waals surface area contributed by atoms with E-state index in [0.29, 0.717) is 13.0 Å². The van der Waals surface area contributed by atoms with E-state index in [1.54, 1.807) is 4.90 Å². The first-order chi connectivity index (χ1) is 7.57. The molecule has 2 saturated heterocycles. The summed E-state index contributed by atoms with van der Waals surface area (Å²) in [6.45, 7) is 2.15. The third-order valence-corrected chi connectivity index (χ3v) is 5.10. The first kappa shape index (κ1) is 11.7. The second-order valence-corrected chi connectivity index (χ2v) is 6.88. The lowest BCUT2D eigenvalue weighted by molar-refractivity contribution is 0.207. The summed E-state index contributed by atoms with van der Waals surface area (Å²) < 4.78 is 22.4. The van der Waals surface area contributed by atoms with Crippen molar-refractivity contribution in [2.75, 3.05) is 31.1 Å². The van der Waals surface area contributed by atoms with Gasteiger partial charge in [0.1, 0.15) is 0 Å². The van der Waals surface area contributed by atoms with Gasteiger partial charge in [-0.05, 0) is 25.2 Å². The van der Waals surface area contributed by atoms with Crippen molar-refractivity contribution in [2.24, 2.45) is 5.92 Å². The van der Waals surface area contributed by atoms with Crippen LogP contribution < -0.4 is 5.32 Å². The monoisotopic (exact) mass is 246 g/mol. The molecule has 1 N–H and O–H groups in total. The maximum Gasteiger partial charge on any atom is 0.317 e. The number of hydrogen-bond donors (Lipinski definition) is 1.